The number of benzene rings is 1. The first-order chi connectivity index (χ1) is 10.2. The fourth-order valence-corrected chi connectivity index (χ4v) is 2.53. The van der Waals surface area contributed by atoms with Gasteiger partial charge in [0.15, 0.2) is 5.96 Å². The first-order valence-electron chi connectivity index (χ1n) is 7.52. The van der Waals surface area contributed by atoms with E-state index in [0.29, 0.717) is 6.04 Å². The third-order valence-corrected chi connectivity index (χ3v) is 3.62. The van der Waals surface area contributed by atoms with Gasteiger partial charge < -0.3 is 15.5 Å². The molecule has 4 nitrogen and oxygen atoms in total. The standard InChI is InChI=1S/C17H26N4/c1-18-17(20-16-10-6-7-11-16)19-12-14-8-4-5-9-15(14)13-21(2)3/h4-9,16H,10-13H2,1-3H3,(H2,18,19,20). The van der Waals surface area contributed by atoms with E-state index in [0.717, 1.165) is 31.9 Å². The van der Waals surface area contributed by atoms with Crippen LogP contribution in [0.3, 0.4) is 0 Å². The number of hydrogen-bond acceptors (Lipinski definition) is 2. The first kappa shape index (κ1) is 15.6. The van der Waals surface area contributed by atoms with E-state index >= 15 is 0 Å². The molecule has 4 heteroatoms. The molecule has 0 unspecified atom stereocenters. The van der Waals surface area contributed by atoms with Gasteiger partial charge in [-0.1, -0.05) is 36.4 Å². The lowest BCUT2D eigenvalue weighted by Gasteiger charge is -2.19. The monoisotopic (exact) mass is 286 g/mol. The van der Waals surface area contributed by atoms with E-state index in [4.69, 9.17) is 0 Å². The molecule has 0 atom stereocenters. The Morgan fingerprint density at radius 3 is 2.48 bits per heavy atom. The smallest absolute Gasteiger partial charge is 0.191 e. The Hall–Kier alpha value is -1.81. The highest BCUT2D eigenvalue weighted by molar-refractivity contribution is 5.80. The van der Waals surface area contributed by atoms with Crippen molar-refractivity contribution < 1.29 is 0 Å². The second-order valence-electron chi connectivity index (χ2n) is 5.72. The summed E-state index contributed by atoms with van der Waals surface area (Å²) in [5, 5.41) is 6.88. The van der Waals surface area contributed by atoms with Crippen LogP contribution in [0.15, 0.2) is 41.4 Å². The molecule has 1 aromatic rings. The normalized spacial score (nSPS) is 15.7. The van der Waals surface area contributed by atoms with Crippen LogP contribution in [0, 0.1) is 0 Å². The van der Waals surface area contributed by atoms with Crippen LogP contribution in [0.2, 0.25) is 0 Å². The number of nitrogens with one attached hydrogen (secondary N) is 2. The highest BCUT2D eigenvalue weighted by Gasteiger charge is 2.11. The van der Waals surface area contributed by atoms with Gasteiger partial charge in [-0.15, -0.1) is 0 Å². The van der Waals surface area contributed by atoms with Crippen LogP contribution < -0.4 is 10.6 Å². The Morgan fingerprint density at radius 2 is 1.86 bits per heavy atom. The summed E-state index contributed by atoms with van der Waals surface area (Å²) in [6.45, 7) is 1.75. The Morgan fingerprint density at radius 1 is 1.19 bits per heavy atom. The Kier molecular flexibility index (Phi) is 5.81. The highest BCUT2D eigenvalue weighted by atomic mass is 15.2. The minimum atomic E-state index is 0.480. The van der Waals surface area contributed by atoms with Gasteiger partial charge in [0.2, 0.25) is 0 Å². The second kappa shape index (κ2) is 7.84. The van der Waals surface area contributed by atoms with Gasteiger partial charge in [-0.3, -0.25) is 4.99 Å². The summed E-state index contributed by atoms with van der Waals surface area (Å²) in [5.41, 5.74) is 2.67. The van der Waals surface area contributed by atoms with Crippen LogP contribution in [0.4, 0.5) is 0 Å². The zero-order valence-electron chi connectivity index (χ0n) is 13.3. The molecular weight excluding hydrogens is 260 g/mol. The predicted octanol–water partition coefficient (Wildman–Crippen LogP) is 2.13. The van der Waals surface area contributed by atoms with E-state index in [1.54, 1.807) is 0 Å². The molecule has 114 valence electrons. The molecule has 21 heavy (non-hydrogen) atoms. The Balaban J connectivity index is 1.91. The summed E-state index contributed by atoms with van der Waals surface area (Å²) in [7, 11) is 6.01. The molecule has 0 fully saturated rings. The van der Waals surface area contributed by atoms with Crippen LogP contribution in [-0.4, -0.2) is 38.0 Å². The van der Waals surface area contributed by atoms with E-state index in [-0.39, 0.29) is 0 Å². The quantitative estimate of drug-likeness (QED) is 0.495. The maximum absolute atomic E-state index is 4.31. The largest absolute Gasteiger partial charge is 0.353 e. The Labute approximate surface area is 128 Å². The number of guanidine groups is 1. The van der Waals surface area contributed by atoms with Gasteiger partial charge in [0.1, 0.15) is 0 Å². The number of nitrogens with zero attached hydrogens (tertiary/aromatic N) is 2. The molecule has 0 spiro atoms. The molecule has 0 radical (unpaired) electrons. The summed E-state index contributed by atoms with van der Waals surface area (Å²) in [6, 6.07) is 9.03. The van der Waals surface area contributed by atoms with Gasteiger partial charge in [0, 0.05) is 26.2 Å². The predicted molar refractivity (Wildman–Crippen MR) is 89.3 cm³/mol. The fourth-order valence-electron chi connectivity index (χ4n) is 2.53. The molecule has 1 aliphatic carbocycles. The van der Waals surface area contributed by atoms with Crippen molar-refractivity contribution in [3.05, 3.63) is 47.5 Å². The lowest BCUT2D eigenvalue weighted by molar-refractivity contribution is 0.400. The molecule has 0 aromatic heterocycles. The average Bonchev–Trinajstić information content (AvgIpc) is 2.97. The van der Waals surface area contributed by atoms with Crippen LogP contribution in [0.5, 0.6) is 0 Å². The zero-order chi connectivity index (χ0) is 15.1. The van der Waals surface area contributed by atoms with E-state index in [2.05, 4.69) is 71.0 Å². The summed E-state index contributed by atoms with van der Waals surface area (Å²) < 4.78 is 0. The highest BCUT2D eigenvalue weighted by Crippen LogP contribution is 2.11. The van der Waals surface area contributed by atoms with Crippen LogP contribution in [0.1, 0.15) is 24.0 Å². The third-order valence-electron chi connectivity index (χ3n) is 3.62. The summed E-state index contributed by atoms with van der Waals surface area (Å²) >= 11 is 0. The van der Waals surface area contributed by atoms with Crippen LogP contribution in [0.25, 0.3) is 0 Å². The maximum Gasteiger partial charge on any atom is 0.191 e. The lowest BCUT2D eigenvalue weighted by Crippen LogP contribution is -2.42. The number of aliphatic imine (C=N–C) groups is 1. The topological polar surface area (TPSA) is 39.7 Å². The molecule has 1 aromatic carbocycles. The molecule has 2 N–H and O–H groups in total. The molecular formula is C17H26N4. The molecule has 0 heterocycles. The fraction of sp³-hybridized carbons (Fsp3) is 0.471. The summed E-state index contributed by atoms with van der Waals surface area (Å²) in [6.07, 6.45) is 6.60. The third kappa shape index (κ3) is 4.90. The van der Waals surface area contributed by atoms with Gasteiger partial charge in [-0.2, -0.15) is 0 Å². The zero-order valence-corrected chi connectivity index (χ0v) is 13.3. The summed E-state index contributed by atoms with van der Waals surface area (Å²) in [4.78, 5) is 6.50. The van der Waals surface area contributed by atoms with Crippen molar-refractivity contribution in [1.29, 1.82) is 0 Å². The van der Waals surface area contributed by atoms with E-state index in [1.165, 1.54) is 11.1 Å². The first-order valence-corrected chi connectivity index (χ1v) is 7.52. The van der Waals surface area contributed by atoms with E-state index in [9.17, 15) is 0 Å². The molecule has 0 amide bonds. The van der Waals surface area contributed by atoms with E-state index in [1.807, 2.05) is 7.05 Å². The van der Waals surface area contributed by atoms with Crippen molar-refractivity contribution in [3.63, 3.8) is 0 Å². The van der Waals surface area contributed by atoms with Crippen molar-refractivity contribution in [2.75, 3.05) is 21.1 Å². The lowest BCUT2D eigenvalue weighted by atomic mass is 10.1. The van der Waals surface area contributed by atoms with Crippen molar-refractivity contribution in [1.82, 2.24) is 15.5 Å². The van der Waals surface area contributed by atoms with Crippen molar-refractivity contribution in [2.45, 2.75) is 32.0 Å². The van der Waals surface area contributed by atoms with Crippen molar-refractivity contribution >= 4 is 5.96 Å². The molecule has 2 rings (SSSR count). The second-order valence-corrected chi connectivity index (χ2v) is 5.72. The number of hydrogen-bond donors (Lipinski definition) is 2. The minimum absolute atomic E-state index is 0.480. The number of rotatable bonds is 5. The SMILES string of the molecule is CN=C(NCc1ccccc1CN(C)C)NC1CC=CC1. The maximum atomic E-state index is 4.31. The van der Waals surface area contributed by atoms with Gasteiger partial charge in [0.25, 0.3) is 0 Å². The van der Waals surface area contributed by atoms with Crippen LogP contribution >= 0.6 is 0 Å². The Bertz CT molecular complexity index is 497. The summed E-state index contributed by atoms with van der Waals surface area (Å²) in [5.74, 6) is 0.878. The minimum Gasteiger partial charge on any atom is -0.353 e. The van der Waals surface area contributed by atoms with Gasteiger partial charge >= 0.3 is 0 Å². The molecule has 0 bridgehead atoms. The van der Waals surface area contributed by atoms with Crippen molar-refractivity contribution in [2.24, 2.45) is 4.99 Å². The van der Waals surface area contributed by atoms with Crippen LogP contribution in [-0.2, 0) is 13.1 Å². The molecule has 0 saturated heterocycles. The molecule has 0 saturated carbocycles. The molecule has 1 aliphatic rings. The van der Waals surface area contributed by atoms with Gasteiger partial charge in [0.05, 0.1) is 0 Å². The van der Waals surface area contributed by atoms with Crippen molar-refractivity contribution in [3.8, 4) is 0 Å². The molecule has 0 aliphatic heterocycles. The van der Waals surface area contributed by atoms with Gasteiger partial charge in [-0.05, 0) is 38.1 Å². The average molecular weight is 286 g/mol. The van der Waals surface area contributed by atoms with E-state index < -0.39 is 0 Å². The van der Waals surface area contributed by atoms with Gasteiger partial charge in [-0.25, -0.2) is 0 Å².